The molecule has 1 fully saturated rings. The first kappa shape index (κ1) is 21.2. The molecule has 1 saturated carbocycles. The van der Waals surface area contributed by atoms with Crippen molar-refractivity contribution in [2.24, 2.45) is 5.92 Å². The van der Waals surface area contributed by atoms with Gasteiger partial charge < -0.3 is 14.7 Å². The maximum atomic E-state index is 9.54. The van der Waals surface area contributed by atoms with Crippen LogP contribution in [0.3, 0.4) is 0 Å². The van der Waals surface area contributed by atoms with Gasteiger partial charge in [0.25, 0.3) is 0 Å². The van der Waals surface area contributed by atoms with Crippen molar-refractivity contribution in [3.05, 3.63) is 47.9 Å². The normalized spacial score (nSPS) is 19.4. The number of nitrogens with one attached hydrogen (secondary N) is 1. The van der Waals surface area contributed by atoms with Crippen molar-refractivity contribution in [1.82, 2.24) is 19.5 Å². The lowest BCUT2D eigenvalue weighted by Crippen LogP contribution is -2.13. The van der Waals surface area contributed by atoms with Gasteiger partial charge in [-0.15, -0.1) is 0 Å². The van der Waals surface area contributed by atoms with E-state index in [1.54, 1.807) is 0 Å². The van der Waals surface area contributed by atoms with Gasteiger partial charge in [0.15, 0.2) is 0 Å². The topological polar surface area (TPSA) is 66.7 Å². The van der Waals surface area contributed by atoms with Gasteiger partial charge in [-0.1, -0.05) is 27.2 Å². The van der Waals surface area contributed by atoms with Gasteiger partial charge in [0.1, 0.15) is 5.65 Å². The summed E-state index contributed by atoms with van der Waals surface area (Å²) < 4.78 is 2.05. The van der Waals surface area contributed by atoms with Gasteiger partial charge >= 0.3 is 0 Å². The fraction of sp³-hybridized carbons (Fsp3) is 0.481. The first-order valence-corrected chi connectivity index (χ1v) is 12.2. The van der Waals surface area contributed by atoms with Crippen LogP contribution in [0.5, 0.6) is 0 Å². The molecule has 2 N–H and O–H groups in total. The number of aliphatic hydroxyl groups excluding tert-OH is 1. The zero-order chi connectivity index (χ0) is 22.2. The fourth-order valence-corrected chi connectivity index (χ4v) is 5.57. The predicted molar refractivity (Wildman–Crippen MR) is 131 cm³/mol. The molecule has 0 saturated heterocycles. The Bertz CT molecular complexity index is 1230. The molecule has 0 radical (unpaired) electrons. The molecule has 5 heteroatoms. The Hall–Kier alpha value is -2.66. The lowest BCUT2D eigenvalue weighted by atomic mass is 9.79. The van der Waals surface area contributed by atoms with Gasteiger partial charge in [-0.2, -0.15) is 0 Å². The van der Waals surface area contributed by atoms with Crippen LogP contribution in [0, 0.1) is 5.92 Å². The number of pyridine rings is 2. The summed E-state index contributed by atoms with van der Waals surface area (Å²) in [6.45, 7) is 7.44. The molecule has 4 heterocycles. The zero-order valence-electron chi connectivity index (χ0n) is 19.4. The fourth-order valence-electron chi connectivity index (χ4n) is 5.57. The highest BCUT2D eigenvalue weighted by atomic mass is 16.3. The molecule has 0 atom stereocenters. The van der Waals surface area contributed by atoms with Crippen molar-refractivity contribution in [2.45, 2.75) is 71.3 Å². The molecule has 4 aromatic heterocycles. The van der Waals surface area contributed by atoms with Gasteiger partial charge in [0.2, 0.25) is 0 Å². The standard InChI is InChI=1S/C27H34N4O/c1-4-18-7-9-19(10-8-18)22-11-12-23-26(29-22)24(17(2)3)25(30-23)21-16-31(14-15-32)27-20(21)6-5-13-28-27/h5-6,11-13,16-19,30,32H,4,7-10,14-15H2,1-3H3. The Labute approximate surface area is 189 Å². The minimum atomic E-state index is 0.0920. The maximum absolute atomic E-state index is 9.54. The van der Waals surface area contributed by atoms with Crippen molar-refractivity contribution in [2.75, 3.05) is 6.61 Å². The summed E-state index contributed by atoms with van der Waals surface area (Å²) in [5.74, 6) is 1.81. The van der Waals surface area contributed by atoms with Crippen LogP contribution in [0.2, 0.25) is 0 Å². The molecule has 0 spiro atoms. The molecule has 0 unspecified atom stereocenters. The van der Waals surface area contributed by atoms with Crippen molar-refractivity contribution in [3.63, 3.8) is 0 Å². The quantitative estimate of drug-likeness (QED) is 0.373. The van der Waals surface area contributed by atoms with Gasteiger partial charge in [-0.25, -0.2) is 4.98 Å². The Morgan fingerprint density at radius 3 is 2.69 bits per heavy atom. The van der Waals surface area contributed by atoms with E-state index in [-0.39, 0.29) is 6.61 Å². The van der Waals surface area contributed by atoms with E-state index in [0.717, 1.165) is 39.2 Å². The summed E-state index contributed by atoms with van der Waals surface area (Å²) in [4.78, 5) is 13.5. The van der Waals surface area contributed by atoms with Crippen molar-refractivity contribution >= 4 is 22.1 Å². The van der Waals surface area contributed by atoms with E-state index in [9.17, 15) is 5.11 Å². The number of H-pyrrole nitrogens is 1. The van der Waals surface area contributed by atoms with E-state index in [2.05, 4.69) is 55.1 Å². The van der Waals surface area contributed by atoms with E-state index in [1.165, 1.54) is 43.4 Å². The summed E-state index contributed by atoms with van der Waals surface area (Å²) in [5.41, 5.74) is 7.90. The number of hydrogen-bond acceptors (Lipinski definition) is 3. The number of aromatic nitrogens is 4. The van der Waals surface area contributed by atoms with Crippen molar-refractivity contribution < 1.29 is 5.11 Å². The van der Waals surface area contributed by atoms with Crippen LogP contribution in [0.25, 0.3) is 33.3 Å². The predicted octanol–water partition coefficient (Wildman–Crippen LogP) is 6.38. The highest BCUT2D eigenvalue weighted by Crippen LogP contribution is 2.40. The van der Waals surface area contributed by atoms with Gasteiger partial charge in [0, 0.05) is 47.1 Å². The van der Waals surface area contributed by atoms with E-state index >= 15 is 0 Å². The van der Waals surface area contributed by atoms with E-state index in [0.29, 0.717) is 18.4 Å². The largest absolute Gasteiger partial charge is 0.395 e. The third-order valence-electron chi connectivity index (χ3n) is 7.36. The maximum Gasteiger partial charge on any atom is 0.140 e. The minimum absolute atomic E-state index is 0.0920. The molecular weight excluding hydrogens is 396 g/mol. The SMILES string of the molecule is CCC1CCC(c2ccc3[nH]c(-c4cn(CCO)c5ncccc45)c(C(C)C)c3n2)CC1. The Balaban J connectivity index is 1.62. The van der Waals surface area contributed by atoms with Crippen molar-refractivity contribution in [1.29, 1.82) is 0 Å². The third-order valence-corrected chi connectivity index (χ3v) is 7.36. The van der Waals surface area contributed by atoms with E-state index in [4.69, 9.17) is 4.98 Å². The van der Waals surface area contributed by atoms with Crippen LogP contribution in [0.4, 0.5) is 0 Å². The summed E-state index contributed by atoms with van der Waals surface area (Å²) in [6.07, 6.45) is 10.4. The highest BCUT2D eigenvalue weighted by molar-refractivity contribution is 5.98. The molecular formula is C27H34N4O. The van der Waals surface area contributed by atoms with Crippen LogP contribution in [0.15, 0.2) is 36.7 Å². The first-order chi connectivity index (χ1) is 15.6. The summed E-state index contributed by atoms with van der Waals surface area (Å²) in [7, 11) is 0. The number of aliphatic hydroxyl groups is 1. The summed E-state index contributed by atoms with van der Waals surface area (Å²) in [5, 5.41) is 10.6. The van der Waals surface area contributed by atoms with Crippen LogP contribution >= 0.6 is 0 Å². The first-order valence-electron chi connectivity index (χ1n) is 12.2. The third kappa shape index (κ3) is 3.62. The molecule has 5 rings (SSSR count). The molecule has 1 aliphatic rings. The van der Waals surface area contributed by atoms with Gasteiger partial charge in [0.05, 0.1) is 23.3 Å². The molecule has 0 amide bonds. The number of fused-ring (bicyclic) bond motifs is 2. The lowest BCUT2D eigenvalue weighted by Gasteiger charge is -2.27. The smallest absolute Gasteiger partial charge is 0.140 e. The Morgan fingerprint density at radius 2 is 1.97 bits per heavy atom. The van der Waals surface area contributed by atoms with E-state index in [1.807, 2.05) is 16.8 Å². The second kappa shape index (κ2) is 8.70. The lowest BCUT2D eigenvalue weighted by molar-refractivity contribution is 0.278. The summed E-state index contributed by atoms with van der Waals surface area (Å²) >= 11 is 0. The average molecular weight is 431 g/mol. The minimum Gasteiger partial charge on any atom is -0.395 e. The molecule has 32 heavy (non-hydrogen) atoms. The Morgan fingerprint density at radius 1 is 1.16 bits per heavy atom. The molecule has 0 aromatic carbocycles. The monoisotopic (exact) mass is 430 g/mol. The number of aromatic amines is 1. The molecule has 1 aliphatic carbocycles. The van der Waals surface area contributed by atoms with Gasteiger partial charge in [-0.05, 0) is 61.8 Å². The second-order valence-corrected chi connectivity index (χ2v) is 9.66. The number of nitrogens with zero attached hydrogens (tertiary/aromatic N) is 3. The highest BCUT2D eigenvalue weighted by Gasteiger charge is 2.25. The van der Waals surface area contributed by atoms with Gasteiger partial charge in [-0.3, -0.25) is 4.98 Å². The van der Waals surface area contributed by atoms with Crippen LogP contribution in [-0.4, -0.2) is 31.2 Å². The zero-order valence-corrected chi connectivity index (χ0v) is 19.4. The average Bonchev–Trinajstić information content (AvgIpc) is 3.37. The second-order valence-electron chi connectivity index (χ2n) is 9.66. The number of rotatable bonds is 6. The molecule has 168 valence electrons. The van der Waals surface area contributed by atoms with E-state index < -0.39 is 0 Å². The van der Waals surface area contributed by atoms with Crippen LogP contribution in [-0.2, 0) is 6.54 Å². The Kier molecular flexibility index (Phi) is 5.76. The van der Waals surface area contributed by atoms with Crippen LogP contribution < -0.4 is 0 Å². The van der Waals surface area contributed by atoms with Crippen LogP contribution in [0.1, 0.15) is 76.0 Å². The summed E-state index contributed by atoms with van der Waals surface area (Å²) in [6, 6.07) is 8.56. The van der Waals surface area contributed by atoms with Crippen molar-refractivity contribution in [3.8, 4) is 11.3 Å². The molecule has 0 aliphatic heterocycles. The molecule has 5 nitrogen and oxygen atoms in total. The molecule has 4 aromatic rings. The number of hydrogen-bond donors (Lipinski definition) is 2. The molecule has 0 bridgehead atoms.